The zero-order valence-electron chi connectivity index (χ0n) is 15.2. The summed E-state index contributed by atoms with van der Waals surface area (Å²) >= 11 is 0. The first-order chi connectivity index (χ1) is 11.6. The summed E-state index contributed by atoms with van der Waals surface area (Å²) in [7, 11) is 0. The topological polar surface area (TPSA) is 40.5 Å². The quantitative estimate of drug-likeness (QED) is 0.551. The third-order valence-corrected chi connectivity index (χ3v) is 4.04. The lowest BCUT2D eigenvalue weighted by Crippen LogP contribution is -1.87. The summed E-state index contributed by atoms with van der Waals surface area (Å²) in [6, 6.07) is 14.8. The van der Waals surface area contributed by atoms with Gasteiger partial charge in [-0.15, -0.1) is 0 Å². The highest BCUT2D eigenvalue weighted by molar-refractivity contribution is 5.31. The van der Waals surface area contributed by atoms with E-state index in [9.17, 15) is 5.11 Å². The van der Waals surface area contributed by atoms with Crippen molar-refractivity contribution in [3.63, 3.8) is 0 Å². The molecule has 132 valence electrons. The molecule has 0 bridgehead atoms. The summed E-state index contributed by atoms with van der Waals surface area (Å²) in [5.41, 5.74) is 2.18. The van der Waals surface area contributed by atoms with Gasteiger partial charge in [0.25, 0.3) is 0 Å². The first kappa shape index (κ1) is 20.1. The van der Waals surface area contributed by atoms with Crippen LogP contribution in [0.2, 0.25) is 0 Å². The fourth-order valence-electron chi connectivity index (χ4n) is 2.62. The number of phenols is 2. The molecular weight excluding hydrogens is 296 g/mol. The molecule has 0 saturated carbocycles. The average molecular weight is 328 g/mol. The molecule has 2 aromatic carbocycles. The summed E-state index contributed by atoms with van der Waals surface area (Å²) in [5.74, 6) is 0.790. The Kier molecular flexibility index (Phi) is 10.4. The van der Waals surface area contributed by atoms with Crippen LogP contribution in [0.4, 0.5) is 0 Å². The predicted octanol–water partition coefficient (Wildman–Crippen LogP) is 6.39. The van der Waals surface area contributed by atoms with Gasteiger partial charge in [-0.1, -0.05) is 75.8 Å². The zero-order valence-corrected chi connectivity index (χ0v) is 15.2. The van der Waals surface area contributed by atoms with Crippen LogP contribution in [-0.2, 0) is 6.42 Å². The van der Waals surface area contributed by atoms with Crippen LogP contribution in [-0.4, -0.2) is 10.2 Å². The maximum Gasteiger partial charge on any atom is 0.118 e. The summed E-state index contributed by atoms with van der Waals surface area (Å²) in [6.45, 7) is 4.19. The molecule has 0 atom stereocenters. The maximum atomic E-state index is 9.58. The van der Waals surface area contributed by atoms with E-state index in [-0.39, 0.29) is 0 Å². The smallest absolute Gasteiger partial charge is 0.118 e. The highest BCUT2D eigenvalue weighted by atomic mass is 16.3. The minimum Gasteiger partial charge on any atom is -0.508 e. The minimum absolute atomic E-state index is 0.338. The van der Waals surface area contributed by atoms with Gasteiger partial charge in [-0.2, -0.15) is 0 Å². The number of benzene rings is 2. The zero-order chi connectivity index (χ0) is 17.6. The molecule has 2 N–H and O–H groups in total. The second-order valence-electron chi connectivity index (χ2n) is 6.34. The standard InChI is InChI=1S/C15H24O.C7H8O/c1-2-3-4-5-6-7-8-11-14-12-9-10-13-15(14)16;1-6-3-2-4-7(8)5-6/h9-10,12-13,16H,2-8,11H2,1H3;2-5,8H,1H3. The van der Waals surface area contributed by atoms with E-state index in [2.05, 4.69) is 6.92 Å². The number of para-hydroxylation sites is 1. The first-order valence-electron chi connectivity index (χ1n) is 9.16. The Labute approximate surface area is 147 Å². The molecule has 0 amide bonds. The van der Waals surface area contributed by atoms with Crippen molar-refractivity contribution in [2.75, 3.05) is 0 Å². The van der Waals surface area contributed by atoms with Gasteiger partial charge in [0.05, 0.1) is 0 Å². The SMILES string of the molecule is CCCCCCCCCc1ccccc1O.Cc1cccc(O)c1. The van der Waals surface area contributed by atoms with Crippen molar-refractivity contribution < 1.29 is 10.2 Å². The lowest BCUT2D eigenvalue weighted by molar-refractivity contribution is 0.466. The van der Waals surface area contributed by atoms with Crippen LogP contribution >= 0.6 is 0 Å². The summed E-state index contributed by atoms with van der Waals surface area (Å²) in [4.78, 5) is 0. The van der Waals surface area contributed by atoms with Gasteiger partial charge in [0.15, 0.2) is 0 Å². The van der Waals surface area contributed by atoms with Crippen molar-refractivity contribution in [3.8, 4) is 11.5 Å². The number of phenolic OH excluding ortho intramolecular Hbond substituents is 2. The van der Waals surface area contributed by atoms with Crippen LogP contribution in [0, 0.1) is 6.92 Å². The summed E-state index contributed by atoms with van der Waals surface area (Å²) in [5, 5.41) is 18.4. The lowest BCUT2D eigenvalue weighted by Gasteiger charge is -2.04. The molecule has 2 heteroatoms. The predicted molar refractivity (Wildman–Crippen MR) is 103 cm³/mol. The molecule has 0 aliphatic rings. The average Bonchev–Trinajstić information content (AvgIpc) is 2.56. The van der Waals surface area contributed by atoms with Gasteiger partial charge in [-0.25, -0.2) is 0 Å². The Bertz CT molecular complexity index is 546. The molecule has 0 radical (unpaired) electrons. The van der Waals surface area contributed by atoms with E-state index in [1.165, 1.54) is 44.9 Å². The Morgan fingerprint density at radius 1 is 0.750 bits per heavy atom. The maximum absolute atomic E-state index is 9.58. The van der Waals surface area contributed by atoms with Crippen molar-refractivity contribution in [3.05, 3.63) is 59.7 Å². The van der Waals surface area contributed by atoms with Crippen molar-refractivity contribution >= 4 is 0 Å². The van der Waals surface area contributed by atoms with E-state index in [1.54, 1.807) is 18.2 Å². The number of aromatic hydroxyl groups is 2. The van der Waals surface area contributed by atoms with E-state index in [0.29, 0.717) is 11.5 Å². The second kappa shape index (κ2) is 12.5. The third-order valence-electron chi connectivity index (χ3n) is 4.04. The van der Waals surface area contributed by atoms with Crippen LogP contribution in [0.15, 0.2) is 48.5 Å². The molecular formula is C22H32O2. The minimum atomic E-state index is 0.338. The van der Waals surface area contributed by atoms with Gasteiger partial charge in [-0.05, 0) is 49.1 Å². The lowest BCUT2D eigenvalue weighted by atomic mass is 10.0. The van der Waals surface area contributed by atoms with Crippen molar-refractivity contribution in [1.82, 2.24) is 0 Å². The number of aryl methyl sites for hydroxylation is 2. The van der Waals surface area contributed by atoms with Crippen molar-refractivity contribution in [2.24, 2.45) is 0 Å². The fourth-order valence-corrected chi connectivity index (χ4v) is 2.62. The number of unbranched alkanes of at least 4 members (excludes halogenated alkanes) is 6. The molecule has 0 heterocycles. The molecule has 24 heavy (non-hydrogen) atoms. The molecule has 0 fully saturated rings. The Morgan fingerprint density at radius 2 is 1.42 bits per heavy atom. The van der Waals surface area contributed by atoms with Crippen molar-refractivity contribution in [1.29, 1.82) is 0 Å². The number of hydrogen-bond acceptors (Lipinski definition) is 2. The highest BCUT2D eigenvalue weighted by Crippen LogP contribution is 2.18. The highest BCUT2D eigenvalue weighted by Gasteiger charge is 1.98. The van der Waals surface area contributed by atoms with E-state index < -0.39 is 0 Å². The van der Waals surface area contributed by atoms with Gasteiger partial charge < -0.3 is 10.2 Å². The van der Waals surface area contributed by atoms with Crippen LogP contribution in [0.3, 0.4) is 0 Å². The molecule has 0 saturated heterocycles. The monoisotopic (exact) mass is 328 g/mol. The van der Waals surface area contributed by atoms with Crippen molar-refractivity contribution in [2.45, 2.75) is 65.2 Å². The largest absolute Gasteiger partial charge is 0.508 e. The van der Waals surface area contributed by atoms with E-state index in [4.69, 9.17) is 5.11 Å². The van der Waals surface area contributed by atoms with E-state index in [1.807, 2.05) is 37.3 Å². The van der Waals surface area contributed by atoms with Gasteiger partial charge in [0, 0.05) is 0 Å². The first-order valence-corrected chi connectivity index (χ1v) is 9.16. The summed E-state index contributed by atoms with van der Waals surface area (Å²) < 4.78 is 0. The molecule has 2 aromatic rings. The Balaban J connectivity index is 0.000000300. The molecule has 0 aliphatic carbocycles. The molecule has 0 spiro atoms. The normalized spacial score (nSPS) is 10.1. The van der Waals surface area contributed by atoms with Crippen LogP contribution in [0.25, 0.3) is 0 Å². The van der Waals surface area contributed by atoms with Gasteiger partial charge in [-0.3, -0.25) is 0 Å². The number of hydrogen-bond donors (Lipinski definition) is 2. The van der Waals surface area contributed by atoms with Gasteiger partial charge >= 0.3 is 0 Å². The van der Waals surface area contributed by atoms with E-state index in [0.717, 1.165) is 17.5 Å². The third kappa shape index (κ3) is 9.24. The van der Waals surface area contributed by atoms with Crippen LogP contribution in [0.5, 0.6) is 11.5 Å². The Hall–Kier alpha value is -1.96. The van der Waals surface area contributed by atoms with E-state index >= 15 is 0 Å². The second-order valence-corrected chi connectivity index (χ2v) is 6.34. The Morgan fingerprint density at radius 3 is 2.00 bits per heavy atom. The van der Waals surface area contributed by atoms with Gasteiger partial charge in [0.1, 0.15) is 11.5 Å². The molecule has 0 aromatic heterocycles. The molecule has 2 rings (SSSR count). The summed E-state index contributed by atoms with van der Waals surface area (Å²) in [6.07, 6.45) is 10.3. The fraction of sp³-hybridized carbons (Fsp3) is 0.455. The van der Waals surface area contributed by atoms with Crippen LogP contribution < -0.4 is 0 Å². The van der Waals surface area contributed by atoms with Gasteiger partial charge in [0.2, 0.25) is 0 Å². The molecule has 2 nitrogen and oxygen atoms in total. The molecule has 0 unspecified atom stereocenters. The number of rotatable bonds is 8. The molecule has 0 aliphatic heterocycles. The van der Waals surface area contributed by atoms with Crippen LogP contribution in [0.1, 0.15) is 63.0 Å².